The number of rotatable bonds is 5. The minimum Gasteiger partial charge on any atom is -0.485 e. The summed E-state index contributed by atoms with van der Waals surface area (Å²) in [5.74, 6) is 0.631. The molecule has 2 atom stereocenters. The molecule has 94 valence electrons. The van der Waals surface area contributed by atoms with E-state index in [1.165, 1.54) is 0 Å². The average molecular weight is 244 g/mol. The Morgan fingerprint density at radius 2 is 1.44 bits per heavy atom. The second-order valence-corrected chi connectivity index (χ2v) is 4.01. The topological polar surface area (TPSA) is 49.7 Å². The highest BCUT2D eigenvalue weighted by Crippen LogP contribution is 2.21. The van der Waals surface area contributed by atoms with E-state index in [1.807, 2.05) is 48.5 Å². The van der Waals surface area contributed by atoms with Gasteiger partial charge >= 0.3 is 0 Å². The molecule has 0 aliphatic carbocycles. The Kier molecular flexibility index (Phi) is 4.34. The van der Waals surface area contributed by atoms with Crippen molar-refractivity contribution < 1.29 is 14.9 Å². The van der Waals surface area contributed by atoms with Gasteiger partial charge < -0.3 is 14.9 Å². The highest BCUT2D eigenvalue weighted by molar-refractivity contribution is 5.23. The molecule has 0 spiro atoms. The maximum absolute atomic E-state index is 10.2. The Labute approximate surface area is 106 Å². The van der Waals surface area contributed by atoms with Gasteiger partial charge in [-0.25, -0.2) is 0 Å². The molecule has 0 aromatic heterocycles. The molecule has 0 unspecified atom stereocenters. The first kappa shape index (κ1) is 12.6. The Morgan fingerprint density at radius 3 is 2.00 bits per heavy atom. The molecule has 3 nitrogen and oxygen atoms in total. The van der Waals surface area contributed by atoms with Crippen LogP contribution in [0.5, 0.6) is 5.75 Å². The van der Waals surface area contributed by atoms with Crippen LogP contribution in [0.3, 0.4) is 0 Å². The third kappa shape index (κ3) is 3.09. The van der Waals surface area contributed by atoms with Crippen LogP contribution in [0.1, 0.15) is 11.7 Å². The zero-order valence-corrected chi connectivity index (χ0v) is 9.94. The normalized spacial score (nSPS) is 13.9. The Hall–Kier alpha value is -1.84. The molecule has 0 saturated carbocycles. The third-order valence-corrected chi connectivity index (χ3v) is 2.70. The zero-order valence-electron chi connectivity index (χ0n) is 9.94. The molecule has 0 saturated heterocycles. The average Bonchev–Trinajstić information content (AvgIpc) is 2.46. The van der Waals surface area contributed by atoms with Crippen LogP contribution in [-0.2, 0) is 0 Å². The minimum atomic E-state index is -0.851. The van der Waals surface area contributed by atoms with E-state index in [2.05, 4.69) is 0 Å². The lowest BCUT2D eigenvalue weighted by Crippen LogP contribution is -2.29. The van der Waals surface area contributed by atoms with Gasteiger partial charge in [0, 0.05) is 0 Å². The van der Waals surface area contributed by atoms with Gasteiger partial charge in [-0.1, -0.05) is 48.5 Å². The first-order valence-corrected chi connectivity index (χ1v) is 5.87. The van der Waals surface area contributed by atoms with E-state index >= 15 is 0 Å². The van der Waals surface area contributed by atoms with E-state index in [0.717, 1.165) is 5.56 Å². The number of ether oxygens (including phenoxy) is 1. The fourth-order valence-electron chi connectivity index (χ4n) is 1.74. The van der Waals surface area contributed by atoms with Crippen LogP contribution in [0.15, 0.2) is 60.7 Å². The number of aliphatic hydroxyl groups is 2. The molecule has 2 rings (SSSR count). The highest BCUT2D eigenvalue weighted by Gasteiger charge is 2.21. The minimum absolute atomic E-state index is 0.245. The van der Waals surface area contributed by atoms with Gasteiger partial charge in [0.15, 0.2) is 6.10 Å². The lowest BCUT2D eigenvalue weighted by Gasteiger charge is -2.22. The predicted molar refractivity (Wildman–Crippen MR) is 69.3 cm³/mol. The van der Waals surface area contributed by atoms with Gasteiger partial charge in [-0.2, -0.15) is 0 Å². The second kappa shape index (κ2) is 6.19. The van der Waals surface area contributed by atoms with Gasteiger partial charge in [0.2, 0.25) is 0 Å². The summed E-state index contributed by atoms with van der Waals surface area (Å²) in [7, 11) is 0. The van der Waals surface area contributed by atoms with E-state index < -0.39 is 12.2 Å². The summed E-state index contributed by atoms with van der Waals surface area (Å²) < 4.78 is 5.58. The molecule has 2 aromatic carbocycles. The van der Waals surface area contributed by atoms with E-state index in [4.69, 9.17) is 4.74 Å². The summed E-state index contributed by atoms with van der Waals surface area (Å²) in [4.78, 5) is 0. The van der Waals surface area contributed by atoms with Crippen LogP contribution in [0, 0.1) is 0 Å². The molecule has 2 aromatic rings. The van der Waals surface area contributed by atoms with E-state index in [1.54, 1.807) is 12.1 Å². The molecule has 0 heterocycles. The smallest absolute Gasteiger partial charge is 0.152 e. The molecule has 0 aliphatic rings. The van der Waals surface area contributed by atoms with Gasteiger partial charge in [-0.15, -0.1) is 0 Å². The van der Waals surface area contributed by atoms with Crippen molar-refractivity contribution >= 4 is 0 Å². The van der Waals surface area contributed by atoms with Gasteiger partial charge in [0.1, 0.15) is 11.9 Å². The van der Waals surface area contributed by atoms with Crippen molar-refractivity contribution in [2.24, 2.45) is 0 Å². The Balaban J connectivity index is 2.09. The molecule has 0 aliphatic heterocycles. The van der Waals surface area contributed by atoms with Crippen molar-refractivity contribution in [1.82, 2.24) is 0 Å². The summed E-state index contributed by atoms with van der Waals surface area (Å²) in [6.07, 6.45) is -1.52. The van der Waals surface area contributed by atoms with Crippen molar-refractivity contribution in [2.45, 2.75) is 12.2 Å². The largest absolute Gasteiger partial charge is 0.485 e. The summed E-state index contributed by atoms with van der Waals surface area (Å²) in [5.41, 5.74) is 0.729. The summed E-state index contributed by atoms with van der Waals surface area (Å²) >= 11 is 0. The van der Waals surface area contributed by atoms with Crippen LogP contribution in [0.25, 0.3) is 0 Å². The predicted octanol–water partition coefficient (Wildman–Crippen LogP) is 2.16. The van der Waals surface area contributed by atoms with Crippen molar-refractivity contribution in [3.63, 3.8) is 0 Å². The number of hydrogen-bond donors (Lipinski definition) is 2. The second-order valence-electron chi connectivity index (χ2n) is 4.01. The lowest BCUT2D eigenvalue weighted by atomic mass is 10.1. The van der Waals surface area contributed by atoms with E-state index in [-0.39, 0.29) is 6.61 Å². The van der Waals surface area contributed by atoms with Crippen LogP contribution in [0.4, 0.5) is 0 Å². The summed E-state index contributed by atoms with van der Waals surface area (Å²) in [6, 6.07) is 18.3. The molecule has 0 amide bonds. The number of para-hydroxylation sites is 1. The highest BCUT2D eigenvalue weighted by atomic mass is 16.5. The van der Waals surface area contributed by atoms with Gasteiger partial charge in [0.05, 0.1) is 6.61 Å². The quantitative estimate of drug-likeness (QED) is 0.847. The van der Waals surface area contributed by atoms with Gasteiger partial charge in [-0.3, -0.25) is 0 Å². The van der Waals surface area contributed by atoms with Crippen LogP contribution < -0.4 is 4.74 Å². The molecule has 0 radical (unpaired) electrons. The van der Waals surface area contributed by atoms with Gasteiger partial charge in [-0.05, 0) is 17.7 Å². The fraction of sp³-hybridized carbons (Fsp3) is 0.200. The van der Waals surface area contributed by atoms with Gasteiger partial charge in [0.25, 0.3) is 0 Å². The summed E-state index contributed by atoms with van der Waals surface area (Å²) in [5, 5.41) is 19.5. The van der Waals surface area contributed by atoms with Crippen LogP contribution >= 0.6 is 0 Å². The molecule has 2 N–H and O–H groups in total. The molecule has 0 fully saturated rings. The first-order valence-electron chi connectivity index (χ1n) is 5.87. The van der Waals surface area contributed by atoms with Crippen molar-refractivity contribution in [3.05, 3.63) is 66.2 Å². The SMILES string of the molecule is OC[C@@H](Oc1ccccc1)[C@H](O)c1ccccc1. The number of benzene rings is 2. The van der Waals surface area contributed by atoms with E-state index in [9.17, 15) is 10.2 Å². The maximum atomic E-state index is 10.2. The zero-order chi connectivity index (χ0) is 12.8. The van der Waals surface area contributed by atoms with Crippen LogP contribution in [0.2, 0.25) is 0 Å². The molecule has 3 heteroatoms. The molecular weight excluding hydrogens is 228 g/mol. The fourth-order valence-corrected chi connectivity index (χ4v) is 1.74. The third-order valence-electron chi connectivity index (χ3n) is 2.70. The number of hydrogen-bond acceptors (Lipinski definition) is 3. The molecule has 18 heavy (non-hydrogen) atoms. The standard InChI is InChI=1S/C15H16O3/c16-11-14(18-13-9-5-2-6-10-13)15(17)12-7-3-1-4-8-12/h1-10,14-17H,11H2/t14-,15-/m1/s1. The molecular formula is C15H16O3. The Bertz CT molecular complexity index is 456. The molecule has 0 bridgehead atoms. The van der Waals surface area contributed by atoms with Crippen molar-refractivity contribution in [3.8, 4) is 5.75 Å². The first-order chi connectivity index (χ1) is 8.81. The summed E-state index contributed by atoms with van der Waals surface area (Å²) in [6.45, 7) is -0.245. The monoisotopic (exact) mass is 244 g/mol. The maximum Gasteiger partial charge on any atom is 0.152 e. The van der Waals surface area contributed by atoms with E-state index in [0.29, 0.717) is 5.75 Å². The van der Waals surface area contributed by atoms with Crippen molar-refractivity contribution in [2.75, 3.05) is 6.61 Å². The van der Waals surface area contributed by atoms with Crippen molar-refractivity contribution in [1.29, 1.82) is 0 Å². The number of aliphatic hydroxyl groups excluding tert-OH is 2. The Morgan fingerprint density at radius 1 is 0.889 bits per heavy atom. The van der Waals surface area contributed by atoms with Crippen LogP contribution in [-0.4, -0.2) is 22.9 Å². The lowest BCUT2D eigenvalue weighted by molar-refractivity contribution is 0.000776.